The van der Waals surface area contributed by atoms with Crippen LogP contribution in [0, 0.1) is 24.7 Å². The largest absolute Gasteiger partial charge is 0.351 e. The summed E-state index contributed by atoms with van der Waals surface area (Å²) < 4.78 is 0.588. The van der Waals surface area contributed by atoms with E-state index in [4.69, 9.17) is 12.2 Å². The zero-order chi connectivity index (χ0) is 21.6. The third kappa shape index (κ3) is 4.47. The lowest BCUT2D eigenvalue weighted by molar-refractivity contribution is -0.127. The van der Waals surface area contributed by atoms with Gasteiger partial charge in [-0.1, -0.05) is 53.8 Å². The quantitative estimate of drug-likeness (QED) is 0.482. The lowest BCUT2D eigenvalue weighted by Gasteiger charge is -2.56. The van der Waals surface area contributed by atoms with Crippen LogP contribution in [0.5, 0.6) is 0 Å². The summed E-state index contributed by atoms with van der Waals surface area (Å²) in [6, 6.07) is 8.09. The van der Waals surface area contributed by atoms with Crippen LogP contribution in [-0.2, 0) is 9.59 Å². The maximum Gasteiger partial charge on any atom is 0.266 e. The molecule has 4 bridgehead atoms. The summed E-state index contributed by atoms with van der Waals surface area (Å²) in [5.41, 5.74) is 2.25. The number of benzene rings is 1. The second-order valence-corrected chi connectivity index (χ2v) is 11.8. The highest BCUT2D eigenvalue weighted by Gasteiger charge is 2.51. The summed E-state index contributed by atoms with van der Waals surface area (Å²) in [4.78, 5) is 27.9. The minimum absolute atomic E-state index is 0.0444. The number of thiocarbonyl (C=S) groups is 1. The fourth-order valence-corrected chi connectivity index (χ4v) is 7.84. The summed E-state index contributed by atoms with van der Waals surface area (Å²) in [5, 5.41) is 3.43. The third-order valence-corrected chi connectivity index (χ3v) is 8.85. The number of hydrogen-bond donors (Lipinski definition) is 1. The van der Waals surface area contributed by atoms with Crippen LogP contribution in [-0.4, -0.2) is 33.1 Å². The number of amides is 2. The standard InChI is InChI=1S/C25H30N2O2S2/c1-16-4-6-17(7-5-16)12-21-23(29)27(24(30)31-21)8-2-3-22(28)26-25-13-18-9-19(14-25)11-20(10-18)15-25/h4-7,12,18-20H,2-3,8-11,13-15H2,1H3,(H,26,28)/b21-12+. The van der Waals surface area contributed by atoms with Crippen LogP contribution in [0.1, 0.15) is 62.5 Å². The molecule has 5 aliphatic rings. The number of carbonyl (C=O) groups excluding carboxylic acids is 2. The van der Waals surface area contributed by atoms with Crippen molar-refractivity contribution in [2.75, 3.05) is 6.54 Å². The molecule has 1 aliphatic heterocycles. The molecule has 6 heteroatoms. The summed E-state index contributed by atoms with van der Waals surface area (Å²) in [6.07, 6.45) is 10.6. The van der Waals surface area contributed by atoms with Gasteiger partial charge in [0.25, 0.3) is 5.91 Å². The first-order chi connectivity index (χ1) is 14.9. The molecule has 0 atom stereocenters. The molecule has 6 rings (SSSR count). The SMILES string of the molecule is Cc1ccc(/C=C2/SC(=S)N(CCCC(=O)NC34CC5CC(CC(C5)C3)C4)C2=O)cc1. The van der Waals surface area contributed by atoms with Gasteiger partial charge in [0, 0.05) is 18.5 Å². The number of carbonyl (C=O) groups is 2. The van der Waals surface area contributed by atoms with Crippen molar-refractivity contribution in [3.63, 3.8) is 0 Å². The molecule has 0 spiro atoms. The van der Waals surface area contributed by atoms with Gasteiger partial charge in [0.2, 0.25) is 5.91 Å². The molecular formula is C25H30N2O2S2. The second-order valence-electron chi connectivity index (χ2n) is 10.1. The molecule has 1 aromatic carbocycles. The normalized spacial score (nSPS) is 32.9. The lowest BCUT2D eigenvalue weighted by Crippen LogP contribution is -2.59. The van der Waals surface area contributed by atoms with E-state index in [0.29, 0.717) is 28.6 Å². The Morgan fingerprint density at radius 3 is 2.39 bits per heavy atom. The van der Waals surface area contributed by atoms with Gasteiger partial charge in [0.05, 0.1) is 4.91 Å². The van der Waals surface area contributed by atoms with Gasteiger partial charge in [-0.3, -0.25) is 14.5 Å². The first-order valence-corrected chi connectivity index (χ1v) is 12.7. The monoisotopic (exact) mass is 454 g/mol. The molecule has 164 valence electrons. The van der Waals surface area contributed by atoms with E-state index in [2.05, 4.69) is 5.32 Å². The van der Waals surface area contributed by atoms with Crippen molar-refractivity contribution in [1.82, 2.24) is 10.2 Å². The van der Waals surface area contributed by atoms with Gasteiger partial charge in [0.15, 0.2) is 0 Å². The van der Waals surface area contributed by atoms with Crippen molar-refractivity contribution in [1.29, 1.82) is 0 Å². The molecule has 5 fully saturated rings. The Morgan fingerprint density at radius 2 is 1.77 bits per heavy atom. The van der Waals surface area contributed by atoms with E-state index in [1.807, 2.05) is 37.3 Å². The van der Waals surface area contributed by atoms with Crippen molar-refractivity contribution >= 4 is 46.2 Å². The summed E-state index contributed by atoms with van der Waals surface area (Å²) in [7, 11) is 0. The van der Waals surface area contributed by atoms with Crippen LogP contribution in [0.4, 0.5) is 0 Å². The van der Waals surface area contributed by atoms with E-state index in [1.165, 1.54) is 55.9 Å². The van der Waals surface area contributed by atoms with E-state index in [-0.39, 0.29) is 17.4 Å². The van der Waals surface area contributed by atoms with Gasteiger partial charge >= 0.3 is 0 Å². The Morgan fingerprint density at radius 1 is 1.16 bits per heavy atom. The van der Waals surface area contributed by atoms with E-state index in [1.54, 1.807) is 4.90 Å². The van der Waals surface area contributed by atoms with Gasteiger partial charge in [0.1, 0.15) is 4.32 Å². The Bertz CT molecular complexity index is 902. The number of nitrogens with one attached hydrogen (secondary N) is 1. The van der Waals surface area contributed by atoms with Crippen LogP contribution in [0.25, 0.3) is 6.08 Å². The number of thioether (sulfide) groups is 1. The predicted octanol–water partition coefficient (Wildman–Crippen LogP) is 5.06. The first kappa shape index (κ1) is 21.2. The van der Waals surface area contributed by atoms with Gasteiger partial charge in [-0.15, -0.1) is 0 Å². The number of nitrogens with zero attached hydrogens (tertiary/aromatic N) is 1. The molecule has 4 nitrogen and oxygen atoms in total. The first-order valence-electron chi connectivity index (χ1n) is 11.5. The zero-order valence-corrected chi connectivity index (χ0v) is 19.7. The highest BCUT2D eigenvalue weighted by Crippen LogP contribution is 2.55. The highest BCUT2D eigenvalue weighted by molar-refractivity contribution is 8.26. The fraction of sp³-hybridized carbons (Fsp3) is 0.560. The number of aryl methyl sites for hydroxylation is 1. The molecule has 1 N–H and O–H groups in total. The molecule has 2 amide bonds. The number of rotatable bonds is 6. The fourth-order valence-electron chi connectivity index (χ4n) is 6.53. The van der Waals surface area contributed by atoms with E-state index in [0.717, 1.165) is 23.3 Å². The van der Waals surface area contributed by atoms with Crippen molar-refractivity contribution in [3.8, 4) is 0 Å². The van der Waals surface area contributed by atoms with E-state index < -0.39 is 0 Å². The Hall–Kier alpha value is -1.66. The van der Waals surface area contributed by atoms with Gasteiger partial charge < -0.3 is 5.32 Å². The highest BCUT2D eigenvalue weighted by atomic mass is 32.2. The van der Waals surface area contributed by atoms with Crippen LogP contribution >= 0.6 is 24.0 Å². The summed E-state index contributed by atoms with van der Waals surface area (Å²) in [5.74, 6) is 2.56. The van der Waals surface area contributed by atoms with Crippen molar-refractivity contribution < 1.29 is 9.59 Å². The van der Waals surface area contributed by atoms with Crippen LogP contribution in [0.2, 0.25) is 0 Å². The number of hydrogen-bond acceptors (Lipinski definition) is 4. The molecular weight excluding hydrogens is 424 g/mol. The van der Waals surface area contributed by atoms with Crippen LogP contribution in [0.3, 0.4) is 0 Å². The lowest BCUT2D eigenvalue weighted by atomic mass is 9.53. The molecule has 0 radical (unpaired) electrons. The molecule has 0 aromatic heterocycles. The van der Waals surface area contributed by atoms with E-state index >= 15 is 0 Å². The second kappa shape index (κ2) is 8.36. The maximum atomic E-state index is 12.8. The topological polar surface area (TPSA) is 49.4 Å². The molecule has 4 saturated carbocycles. The zero-order valence-electron chi connectivity index (χ0n) is 18.1. The average molecular weight is 455 g/mol. The molecule has 1 saturated heterocycles. The van der Waals surface area contributed by atoms with Crippen molar-refractivity contribution in [2.24, 2.45) is 17.8 Å². The summed E-state index contributed by atoms with van der Waals surface area (Å²) in [6.45, 7) is 2.55. The van der Waals surface area contributed by atoms with Crippen LogP contribution in [0.15, 0.2) is 29.2 Å². The molecule has 1 heterocycles. The smallest absolute Gasteiger partial charge is 0.266 e. The molecule has 1 aromatic rings. The minimum atomic E-state index is -0.0444. The molecule has 4 aliphatic carbocycles. The Labute approximate surface area is 194 Å². The molecule has 31 heavy (non-hydrogen) atoms. The van der Waals surface area contributed by atoms with Gasteiger partial charge in [-0.05, 0) is 81.3 Å². The maximum absolute atomic E-state index is 12.8. The molecule has 0 unspecified atom stereocenters. The van der Waals surface area contributed by atoms with Gasteiger partial charge in [-0.2, -0.15) is 0 Å². The summed E-state index contributed by atoms with van der Waals surface area (Å²) >= 11 is 6.80. The third-order valence-electron chi connectivity index (χ3n) is 7.48. The van der Waals surface area contributed by atoms with Crippen molar-refractivity contribution in [2.45, 2.75) is 63.8 Å². The van der Waals surface area contributed by atoms with E-state index in [9.17, 15) is 9.59 Å². The Balaban J connectivity index is 1.13. The van der Waals surface area contributed by atoms with Crippen LogP contribution < -0.4 is 5.32 Å². The Kier molecular flexibility index (Phi) is 5.72. The average Bonchev–Trinajstić information content (AvgIpc) is 2.95. The van der Waals surface area contributed by atoms with Crippen molar-refractivity contribution in [3.05, 3.63) is 40.3 Å². The minimum Gasteiger partial charge on any atom is -0.351 e. The van der Waals surface area contributed by atoms with Gasteiger partial charge in [-0.25, -0.2) is 0 Å². The predicted molar refractivity (Wildman–Crippen MR) is 129 cm³/mol.